The minimum atomic E-state index is -5.26. The van der Waals surface area contributed by atoms with Crippen molar-refractivity contribution in [1.29, 1.82) is 0 Å². The van der Waals surface area contributed by atoms with Crippen molar-refractivity contribution in [2.45, 2.75) is 57.9 Å². The van der Waals surface area contributed by atoms with Crippen LogP contribution in [0.4, 0.5) is 19.0 Å². The van der Waals surface area contributed by atoms with Crippen LogP contribution >= 0.6 is 15.9 Å². The number of hydrogen-bond donors (Lipinski definition) is 1. The van der Waals surface area contributed by atoms with Gasteiger partial charge >= 0.3 is 12.1 Å². The summed E-state index contributed by atoms with van der Waals surface area (Å²) in [6, 6.07) is 3.46. The Morgan fingerprint density at radius 3 is 2.67 bits per heavy atom. The highest BCUT2D eigenvalue weighted by atomic mass is 79.9. The zero-order valence-corrected chi connectivity index (χ0v) is 22.6. The number of fused-ring (bicyclic) bond motifs is 2. The summed E-state index contributed by atoms with van der Waals surface area (Å²) < 4.78 is 44.9. The Kier molecular flexibility index (Phi) is 7.73. The number of unbranched alkanes of at least 4 members (excludes halogenated alkanes) is 2. The molecule has 212 valence electrons. The lowest BCUT2D eigenvalue weighted by Gasteiger charge is -2.40. The van der Waals surface area contributed by atoms with Crippen LogP contribution in [0.3, 0.4) is 0 Å². The van der Waals surface area contributed by atoms with Gasteiger partial charge in [0.05, 0.1) is 0 Å². The third-order valence-electron chi connectivity index (χ3n) is 6.17. The van der Waals surface area contributed by atoms with Gasteiger partial charge in [-0.3, -0.25) is 9.78 Å². The number of nitrogens with zero attached hydrogens (tertiary/aromatic N) is 8. The molecule has 0 bridgehead atoms. The summed E-state index contributed by atoms with van der Waals surface area (Å²) >= 11 is 3.22. The van der Waals surface area contributed by atoms with Gasteiger partial charge in [0.1, 0.15) is 11.5 Å². The van der Waals surface area contributed by atoms with Crippen LogP contribution in [-0.2, 0) is 16.1 Å². The Bertz CT molecular complexity index is 1410. The van der Waals surface area contributed by atoms with Gasteiger partial charge in [-0.1, -0.05) is 30.1 Å². The minimum Gasteiger partial charge on any atom is -0.339 e. The molecule has 0 aromatic carbocycles. The second kappa shape index (κ2) is 11.2. The number of alkyl halides is 3. The molecule has 1 amide bonds. The van der Waals surface area contributed by atoms with Crippen molar-refractivity contribution in [2.24, 2.45) is 5.10 Å². The molecular formula is C23H23BrF3N9O4. The normalized spacial score (nSPS) is 16.7. The van der Waals surface area contributed by atoms with Gasteiger partial charge in [-0.15, -0.1) is 5.10 Å². The number of nitrogens with one attached hydrogen (secondary N) is 1. The van der Waals surface area contributed by atoms with Gasteiger partial charge in [-0.2, -0.15) is 18.2 Å². The summed E-state index contributed by atoms with van der Waals surface area (Å²) in [5.41, 5.74) is 0.856. The third kappa shape index (κ3) is 5.50. The maximum absolute atomic E-state index is 13.5. The number of anilines is 1. The topological polar surface area (TPSA) is 146 Å². The monoisotopic (exact) mass is 625 g/mol. The molecule has 0 spiro atoms. The Hall–Kier alpha value is -4.02. The van der Waals surface area contributed by atoms with Crippen LogP contribution in [0.1, 0.15) is 55.4 Å². The van der Waals surface area contributed by atoms with Gasteiger partial charge in [-0.25, -0.2) is 14.7 Å². The van der Waals surface area contributed by atoms with Crippen LogP contribution in [0.15, 0.2) is 38.9 Å². The molecule has 17 heteroatoms. The largest absolute Gasteiger partial charge is 0.493 e. The number of pyridine rings is 1. The number of aryl methyl sites for hydroxylation is 1. The number of H-pyrrole nitrogens is 1. The van der Waals surface area contributed by atoms with Crippen molar-refractivity contribution in [3.8, 4) is 11.4 Å². The predicted molar refractivity (Wildman–Crippen MR) is 135 cm³/mol. The Labute approximate surface area is 233 Å². The zero-order valence-electron chi connectivity index (χ0n) is 21.1. The van der Waals surface area contributed by atoms with Crippen molar-refractivity contribution < 1.29 is 32.1 Å². The number of carbonyl (C=O) groups is 2. The number of rotatable bonds is 10. The average molecular weight is 626 g/mol. The van der Waals surface area contributed by atoms with Crippen molar-refractivity contribution in [2.75, 3.05) is 11.4 Å². The molecule has 2 aliphatic rings. The molecule has 5 heterocycles. The van der Waals surface area contributed by atoms with E-state index in [1.165, 1.54) is 4.90 Å². The summed E-state index contributed by atoms with van der Waals surface area (Å²) in [5, 5.41) is 8.60. The molecule has 2 aliphatic heterocycles. The molecule has 0 saturated carbocycles. The Balaban J connectivity index is 1.39. The van der Waals surface area contributed by atoms with Crippen molar-refractivity contribution in [3.05, 3.63) is 40.8 Å². The fourth-order valence-electron chi connectivity index (χ4n) is 4.35. The number of aromatic nitrogens is 5. The molecule has 0 radical (unpaired) electrons. The van der Waals surface area contributed by atoms with E-state index >= 15 is 0 Å². The number of hydrazone groups is 1. The molecule has 1 unspecified atom stereocenters. The first kappa shape index (κ1) is 27.5. The average Bonchev–Trinajstić information content (AvgIpc) is 3.64. The zero-order chi connectivity index (χ0) is 28.4. The van der Waals surface area contributed by atoms with E-state index in [4.69, 9.17) is 4.52 Å². The smallest absolute Gasteiger partial charge is 0.339 e. The van der Waals surface area contributed by atoms with Crippen molar-refractivity contribution >= 4 is 39.5 Å². The number of imidazole rings is 1. The third-order valence-corrected chi connectivity index (χ3v) is 6.54. The van der Waals surface area contributed by atoms with Gasteiger partial charge in [0.2, 0.25) is 18.0 Å². The van der Waals surface area contributed by atoms with Crippen LogP contribution in [0.2, 0.25) is 0 Å². The first-order valence-electron chi connectivity index (χ1n) is 12.4. The summed E-state index contributed by atoms with van der Waals surface area (Å²) in [6.45, 7) is 2.31. The number of amides is 1. The quantitative estimate of drug-likeness (QED) is 0.328. The van der Waals surface area contributed by atoms with Crippen molar-refractivity contribution in [3.63, 3.8) is 0 Å². The summed E-state index contributed by atoms with van der Waals surface area (Å²) in [5.74, 6) is -2.00. The number of amidine groups is 1. The molecule has 40 heavy (non-hydrogen) atoms. The number of hydrogen-bond acceptors (Lipinski definition) is 11. The van der Waals surface area contributed by atoms with E-state index in [0.29, 0.717) is 42.7 Å². The molecule has 0 aliphatic carbocycles. The summed E-state index contributed by atoms with van der Waals surface area (Å²) in [6.07, 6.45) is -0.225. The lowest BCUT2D eigenvalue weighted by molar-refractivity contribution is -0.249. The van der Waals surface area contributed by atoms with E-state index in [-0.39, 0.29) is 28.5 Å². The summed E-state index contributed by atoms with van der Waals surface area (Å²) in [4.78, 5) is 48.2. The van der Waals surface area contributed by atoms with Crippen LogP contribution < -0.4 is 4.90 Å². The maximum atomic E-state index is 13.5. The highest BCUT2D eigenvalue weighted by molar-refractivity contribution is 9.10. The molecule has 3 aromatic rings. The number of halogens is 4. The lowest BCUT2D eigenvalue weighted by atomic mass is 10.1. The SMILES string of the molecule is CCCCCN1c2nc(Br)[nH]c2C(=O)N2C(CCCc3nc(-c4ccncc4)no3)=NN(OC(=O)C(F)(F)F)C21. The van der Waals surface area contributed by atoms with Gasteiger partial charge in [-0.05, 0) is 40.9 Å². The molecule has 3 aromatic heterocycles. The standard InChI is InChI=1S/C23H23BrF3N9O4/c1-2-3-4-12-34-18-16(30-21(24)31-18)19(37)35-14(32-36(22(34)35)40-20(38)23(25,26)27)6-5-7-15-29-17(33-39-15)13-8-10-28-11-9-13/h8-11,22H,2-7,12H2,1H3,(H,30,31). The highest BCUT2D eigenvalue weighted by Gasteiger charge is 2.52. The number of hydroxylamine groups is 1. The van der Waals surface area contributed by atoms with E-state index in [1.54, 1.807) is 29.4 Å². The second-order valence-corrected chi connectivity index (χ2v) is 9.70. The van der Waals surface area contributed by atoms with E-state index in [0.717, 1.165) is 18.4 Å². The molecule has 13 nitrogen and oxygen atoms in total. The fraction of sp³-hybridized carbons (Fsp3) is 0.435. The van der Waals surface area contributed by atoms with Crippen molar-refractivity contribution in [1.82, 2.24) is 35.2 Å². The van der Waals surface area contributed by atoms with E-state index < -0.39 is 24.3 Å². The highest BCUT2D eigenvalue weighted by Crippen LogP contribution is 2.37. The molecular weight excluding hydrogens is 603 g/mol. The Morgan fingerprint density at radius 2 is 1.95 bits per heavy atom. The number of aromatic amines is 1. The Morgan fingerprint density at radius 1 is 1.18 bits per heavy atom. The molecule has 1 atom stereocenters. The minimum absolute atomic E-state index is 0.107. The van der Waals surface area contributed by atoms with Gasteiger partial charge in [0, 0.05) is 37.3 Å². The fourth-order valence-corrected chi connectivity index (χ4v) is 4.72. The van der Waals surface area contributed by atoms with Crippen LogP contribution in [-0.4, -0.2) is 71.9 Å². The second-order valence-electron chi connectivity index (χ2n) is 8.94. The molecule has 1 N–H and O–H groups in total. The summed E-state index contributed by atoms with van der Waals surface area (Å²) in [7, 11) is 0. The van der Waals surface area contributed by atoms with E-state index in [2.05, 4.69) is 51.0 Å². The van der Waals surface area contributed by atoms with Gasteiger partial charge in [0.25, 0.3) is 5.91 Å². The van der Waals surface area contributed by atoms with E-state index in [1.807, 2.05) is 6.92 Å². The molecule has 0 fully saturated rings. The molecule has 5 rings (SSSR count). The van der Waals surface area contributed by atoms with Crippen LogP contribution in [0.25, 0.3) is 11.4 Å². The van der Waals surface area contributed by atoms with Gasteiger partial charge < -0.3 is 19.2 Å². The number of carbonyl (C=O) groups excluding carboxylic acids is 2. The first-order valence-corrected chi connectivity index (χ1v) is 13.2. The maximum Gasteiger partial charge on any atom is 0.493 e. The van der Waals surface area contributed by atoms with Crippen LogP contribution in [0, 0.1) is 0 Å². The first-order chi connectivity index (χ1) is 19.2. The van der Waals surface area contributed by atoms with Gasteiger partial charge in [0.15, 0.2) is 10.6 Å². The van der Waals surface area contributed by atoms with E-state index in [9.17, 15) is 22.8 Å². The predicted octanol–water partition coefficient (Wildman–Crippen LogP) is 4.03. The van der Waals surface area contributed by atoms with Crippen LogP contribution in [0.5, 0.6) is 0 Å². The molecule has 0 saturated heterocycles. The lowest BCUT2D eigenvalue weighted by Crippen LogP contribution is -2.60.